The molecule has 6 nitrogen and oxygen atoms in total. The van der Waals surface area contributed by atoms with Crippen LogP contribution in [0.15, 0.2) is 22.8 Å². The average Bonchev–Trinajstić information content (AvgIpc) is 2.61. The van der Waals surface area contributed by atoms with Crippen LogP contribution in [0.2, 0.25) is 0 Å². The number of amides is 1. The van der Waals surface area contributed by atoms with Gasteiger partial charge in [-0.1, -0.05) is 22.9 Å². The lowest BCUT2D eigenvalue weighted by atomic mass is 9.91. The van der Waals surface area contributed by atoms with Gasteiger partial charge in [0.2, 0.25) is 5.95 Å². The van der Waals surface area contributed by atoms with Crippen molar-refractivity contribution in [2.75, 3.05) is 5.32 Å². The maximum absolute atomic E-state index is 11.9. The van der Waals surface area contributed by atoms with Crippen LogP contribution in [0.4, 0.5) is 10.7 Å². The number of nitrogens with zero attached hydrogens (tertiary/aromatic N) is 2. The van der Waals surface area contributed by atoms with E-state index in [-0.39, 0.29) is 12.1 Å². The third kappa shape index (κ3) is 5.56. The van der Waals surface area contributed by atoms with Gasteiger partial charge in [0, 0.05) is 28.1 Å². The van der Waals surface area contributed by atoms with Crippen molar-refractivity contribution in [3.05, 3.63) is 28.4 Å². The number of anilines is 1. The van der Waals surface area contributed by atoms with Crippen molar-refractivity contribution >= 4 is 38.9 Å². The summed E-state index contributed by atoms with van der Waals surface area (Å²) in [7, 11) is 0. The highest BCUT2D eigenvalue weighted by Gasteiger charge is 2.25. The number of rotatable bonds is 4. The molecule has 0 unspecified atom stereocenters. The molecule has 1 fully saturated rings. The Kier molecular flexibility index (Phi) is 6.43. The molecule has 0 saturated heterocycles. The van der Waals surface area contributed by atoms with E-state index in [4.69, 9.17) is 9.72 Å². The molecule has 7 heteroatoms. The Morgan fingerprint density at radius 2 is 1.89 bits per heavy atom. The molecule has 1 aliphatic rings. The predicted molar refractivity (Wildman–Crippen MR) is 116 cm³/mol. The molecule has 28 heavy (non-hydrogen) atoms. The summed E-state index contributed by atoms with van der Waals surface area (Å²) in [5.41, 5.74) is 1.73. The van der Waals surface area contributed by atoms with Crippen LogP contribution in [0.1, 0.15) is 58.9 Å². The molecule has 1 aliphatic carbocycles. The number of carbonyl (C=O) groups excluding carboxylic acids is 1. The molecule has 1 aromatic heterocycles. The Bertz CT molecular complexity index is 842. The summed E-state index contributed by atoms with van der Waals surface area (Å²) in [6, 6.07) is 4.67. The Balaban J connectivity index is 1.56. The second kappa shape index (κ2) is 8.64. The first-order valence-electron chi connectivity index (χ1n) is 9.94. The number of benzene rings is 1. The van der Waals surface area contributed by atoms with E-state index in [1.165, 1.54) is 5.56 Å². The van der Waals surface area contributed by atoms with Crippen LogP contribution in [0.5, 0.6) is 0 Å². The summed E-state index contributed by atoms with van der Waals surface area (Å²) in [5, 5.41) is 7.46. The smallest absolute Gasteiger partial charge is 0.407 e. The van der Waals surface area contributed by atoms with Crippen LogP contribution in [0.25, 0.3) is 10.9 Å². The zero-order valence-electron chi connectivity index (χ0n) is 17.0. The van der Waals surface area contributed by atoms with Crippen molar-refractivity contribution in [1.82, 2.24) is 15.3 Å². The lowest BCUT2D eigenvalue weighted by Crippen LogP contribution is -2.42. The molecule has 3 rings (SSSR count). The summed E-state index contributed by atoms with van der Waals surface area (Å²) in [6.45, 7) is 7.76. The summed E-state index contributed by atoms with van der Waals surface area (Å²) in [5.74, 6) is 0.667. The largest absolute Gasteiger partial charge is 0.444 e. The quantitative estimate of drug-likeness (QED) is 0.671. The van der Waals surface area contributed by atoms with Crippen molar-refractivity contribution in [3.63, 3.8) is 0 Å². The first kappa shape index (κ1) is 20.8. The maximum Gasteiger partial charge on any atom is 0.407 e. The van der Waals surface area contributed by atoms with Crippen molar-refractivity contribution in [2.45, 2.75) is 77.5 Å². The normalized spacial score (nSPS) is 20.0. The zero-order valence-corrected chi connectivity index (χ0v) is 18.6. The second-order valence-corrected chi connectivity index (χ2v) is 9.24. The van der Waals surface area contributed by atoms with Crippen LogP contribution in [0, 0.1) is 0 Å². The van der Waals surface area contributed by atoms with Gasteiger partial charge in [-0.3, -0.25) is 0 Å². The van der Waals surface area contributed by atoms with Crippen LogP contribution >= 0.6 is 15.9 Å². The molecule has 0 spiro atoms. The van der Waals surface area contributed by atoms with Gasteiger partial charge >= 0.3 is 6.09 Å². The molecule has 152 valence electrons. The first-order chi connectivity index (χ1) is 13.2. The van der Waals surface area contributed by atoms with E-state index < -0.39 is 5.60 Å². The minimum absolute atomic E-state index is 0.162. The van der Waals surface area contributed by atoms with E-state index >= 15 is 0 Å². The number of ether oxygens (including phenoxy) is 1. The van der Waals surface area contributed by atoms with Gasteiger partial charge in [-0.2, -0.15) is 0 Å². The molecule has 0 atom stereocenters. The summed E-state index contributed by atoms with van der Waals surface area (Å²) < 4.78 is 6.44. The number of halogens is 1. The highest BCUT2D eigenvalue weighted by Crippen LogP contribution is 2.26. The second-order valence-electron chi connectivity index (χ2n) is 8.39. The summed E-state index contributed by atoms with van der Waals surface area (Å²) in [4.78, 5) is 21.1. The monoisotopic (exact) mass is 448 g/mol. The van der Waals surface area contributed by atoms with Gasteiger partial charge in [-0.15, -0.1) is 0 Å². The van der Waals surface area contributed by atoms with Gasteiger partial charge in [0.15, 0.2) is 0 Å². The molecule has 0 aliphatic heterocycles. The Labute approximate surface area is 175 Å². The van der Waals surface area contributed by atoms with Gasteiger partial charge in [0.05, 0.1) is 5.52 Å². The van der Waals surface area contributed by atoms with Crippen LogP contribution in [0.3, 0.4) is 0 Å². The van der Waals surface area contributed by atoms with Gasteiger partial charge in [-0.25, -0.2) is 14.8 Å². The van der Waals surface area contributed by atoms with E-state index in [0.717, 1.165) is 47.5 Å². The fourth-order valence-corrected chi connectivity index (χ4v) is 4.12. The van der Waals surface area contributed by atoms with Gasteiger partial charge in [-0.05, 0) is 70.6 Å². The Morgan fingerprint density at radius 3 is 2.54 bits per heavy atom. The minimum Gasteiger partial charge on any atom is -0.444 e. The fourth-order valence-electron chi connectivity index (χ4n) is 3.47. The average molecular weight is 449 g/mol. The highest BCUT2D eigenvalue weighted by molar-refractivity contribution is 9.10. The topological polar surface area (TPSA) is 76.1 Å². The van der Waals surface area contributed by atoms with Gasteiger partial charge in [0.1, 0.15) is 5.60 Å². The first-order valence-corrected chi connectivity index (χ1v) is 10.7. The molecule has 0 radical (unpaired) electrons. The number of aryl methyl sites for hydroxylation is 1. The number of alkyl carbamates (subject to hydrolysis) is 1. The Hall–Kier alpha value is -1.89. The third-order valence-corrected chi connectivity index (χ3v) is 5.65. The molecule has 1 aromatic carbocycles. The van der Waals surface area contributed by atoms with Crippen molar-refractivity contribution in [3.8, 4) is 0 Å². The van der Waals surface area contributed by atoms with E-state index in [1.807, 2.05) is 27.0 Å². The van der Waals surface area contributed by atoms with Gasteiger partial charge < -0.3 is 15.4 Å². The summed E-state index contributed by atoms with van der Waals surface area (Å²) in [6.07, 6.45) is 6.24. The third-order valence-electron chi connectivity index (χ3n) is 4.91. The summed E-state index contributed by atoms with van der Waals surface area (Å²) >= 11 is 3.60. The predicted octanol–water partition coefficient (Wildman–Crippen LogP) is 5.20. The van der Waals surface area contributed by atoms with Crippen LogP contribution in [-0.4, -0.2) is 33.7 Å². The van der Waals surface area contributed by atoms with Crippen LogP contribution in [-0.2, 0) is 11.2 Å². The number of aromatic nitrogens is 2. The molecule has 2 N–H and O–H groups in total. The van der Waals surface area contributed by atoms with Gasteiger partial charge in [0.25, 0.3) is 0 Å². The van der Waals surface area contributed by atoms with Crippen molar-refractivity contribution < 1.29 is 9.53 Å². The van der Waals surface area contributed by atoms with Crippen molar-refractivity contribution in [2.24, 2.45) is 0 Å². The van der Waals surface area contributed by atoms with E-state index in [0.29, 0.717) is 12.0 Å². The molecule has 1 heterocycles. The maximum atomic E-state index is 11.9. The number of fused-ring (bicyclic) bond motifs is 1. The molecule has 1 saturated carbocycles. The minimum atomic E-state index is -0.469. The van der Waals surface area contributed by atoms with E-state index in [1.54, 1.807) is 0 Å². The SMILES string of the molecule is CCc1cc2nc(NC3CCC(NC(=O)OC(C)(C)C)CC3)ncc2cc1Br. The van der Waals surface area contributed by atoms with E-state index in [9.17, 15) is 4.79 Å². The Morgan fingerprint density at radius 1 is 1.21 bits per heavy atom. The lowest BCUT2D eigenvalue weighted by Gasteiger charge is -2.30. The van der Waals surface area contributed by atoms with E-state index in [2.05, 4.69) is 50.6 Å². The fraction of sp³-hybridized carbons (Fsp3) is 0.571. The molecule has 2 aromatic rings. The molecular weight excluding hydrogens is 420 g/mol. The standard InChI is InChI=1S/C21H29BrN4O2/c1-5-13-11-18-14(10-17(13)22)12-23-19(26-18)24-15-6-8-16(9-7-15)25-20(27)28-21(2,3)4/h10-12,15-16H,5-9H2,1-4H3,(H,25,27)(H,23,24,26). The number of carbonyl (C=O) groups is 1. The highest BCUT2D eigenvalue weighted by atomic mass is 79.9. The zero-order chi connectivity index (χ0) is 20.3. The molecule has 1 amide bonds. The number of hydrogen-bond donors (Lipinski definition) is 2. The van der Waals surface area contributed by atoms with Crippen LogP contribution < -0.4 is 10.6 Å². The molecular formula is C21H29BrN4O2. The number of hydrogen-bond acceptors (Lipinski definition) is 5. The lowest BCUT2D eigenvalue weighted by molar-refractivity contribution is 0.0492. The molecule has 0 bridgehead atoms. The van der Waals surface area contributed by atoms with Crippen molar-refractivity contribution in [1.29, 1.82) is 0 Å². The number of nitrogens with one attached hydrogen (secondary N) is 2.